The van der Waals surface area contributed by atoms with E-state index < -0.39 is 11.7 Å². The Hall–Kier alpha value is -0.680. The summed E-state index contributed by atoms with van der Waals surface area (Å²) in [6.07, 6.45) is -4.30. The maximum atomic E-state index is 13.1. The summed E-state index contributed by atoms with van der Waals surface area (Å²) in [6, 6.07) is 4.74. The maximum absolute atomic E-state index is 13.1. The van der Waals surface area contributed by atoms with Gasteiger partial charge in [0.2, 0.25) is 0 Å². The van der Waals surface area contributed by atoms with Gasteiger partial charge in [0.05, 0.1) is 5.56 Å². The van der Waals surface area contributed by atoms with Gasteiger partial charge in [0.15, 0.2) is 0 Å². The molecule has 0 spiro atoms. The summed E-state index contributed by atoms with van der Waals surface area (Å²) in [4.78, 5) is 0.663. The molecule has 0 atom stereocenters. The van der Waals surface area contributed by atoms with Crippen molar-refractivity contribution in [3.8, 4) is 0 Å². The topological polar surface area (TPSA) is 12.0 Å². The van der Waals surface area contributed by atoms with Gasteiger partial charge in [0.25, 0.3) is 0 Å². The normalized spacial score (nSPS) is 12.5. The van der Waals surface area contributed by atoms with Crippen molar-refractivity contribution in [2.24, 2.45) is 0 Å². The lowest BCUT2D eigenvalue weighted by atomic mass is 10.1. The third-order valence-corrected chi connectivity index (χ3v) is 3.46. The van der Waals surface area contributed by atoms with Gasteiger partial charge in [-0.2, -0.15) is 13.2 Å². The van der Waals surface area contributed by atoms with E-state index in [-0.39, 0.29) is 17.8 Å². The molecule has 0 aromatic heterocycles. The summed E-state index contributed by atoms with van der Waals surface area (Å²) in [7, 11) is 0. The number of benzene rings is 1. The Labute approximate surface area is 117 Å². The zero-order chi connectivity index (χ0) is 14.6. The van der Waals surface area contributed by atoms with E-state index in [9.17, 15) is 13.2 Å². The van der Waals surface area contributed by atoms with Crippen LogP contribution in [0.2, 0.25) is 0 Å². The molecule has 1 aromatic carbocycles. The fourth-order valence-corrected chi connectivity index (χ4v) is 2.51. The van der Waals surface area contributed by atoms with E-state index in [1.54, 1.807) is 12.1 Å². The van der Waals surface area contributed by atoms with Crippen LogP contribution < -0.4 is 5.32 Å². The molecule has 0 aliphatic carbocycles. The van der Waals surface area contributed by atoms with E-state index in [0.29, 0.717) is 10.5 Å². The summed E-state index contributed by atoms with van der Waals surface area (Å²) in [6.45, 7) is 7.99. The highest BCUT2D eigenvalue weighted by Crippen LogP contribution is 2.35. The number of nitrogens with one attached hydrogen (secondary N) is 1. The van der Waals surface area contributed by atoms with Crippen molar-refractivity contribution in [1.29, 1.82) is 0 Å². The van der Waals surface area contributed by atoms with Crippen molar-refractivity contribution >= 4 is 11.8 Å². The predicted octanol–water partition coefficient (Wildman–Crippen LogP) is 4.70. The highest BCUT2D eigenvalue weighted by molar-refractivity contribution is 7.99. The zero-order valence-corrected chi connectivity index (χ0v) is 12.5. The molecule has 0 aliphatic rings. The predicted molar refractivity (Wildman–Crippen MR) is 74.4 cm³/mol. The van der Waals surface area contributed by atoms with Crippen molar-refractivity contribution < 1.29 is 13.2 Å². The smallest absolute Gasteiger partial charge is 0.310 e. The van der Waals surface area contributed by atoms with Crippen LogP contribution in [0.15, 0.2) is 23.1 Å². The van der Waals surface area contributed by atoms with Crippen LogP contribution in [0.3, 0.4) is 0 Å². The quantitative estimate of drug-likeness (QED) is 0.789. The van der Waals surface area contributed by atoms with E-state index in [1.165, 1.54) is 17.8 Å². The number of thioether (sulfide) groups is 1. The maximum Gasteiger partial charge on any atom is 0.416 e. The van der Waals surface area contributed by atoms with Crippen molar-refractivity contribution in [3.05, 3.63) is 29.3 Å². The first-order valence-corrected chi connectivity index (χ1v) is 7.18. The minimum Gasteiger partial charge on any atom is -0.310 e. The van der Waals surface area contributed by atoms with Gasteiger partial charge in [-0.1, -0.05) is 33.8 Å². The van der Waals surface area contributed by atoms with Crippen LogP contribution in [-0.4, -0.2) is 11.3 Å². The highest BCUT2D eigenvalue weighted by atomic mass is 32.2. The van der Waals surface area contributed by atoms with Gasteiger partial charge >= 0.3 is 6.18 Å². The molecule has 0 amide bonds. The van der Waals surface area contributed by atoms with Crippen LogP contribution in [-0.2, 0) is 12.7 Å². The lowest BCUT2D eigenvalue weighted by molar-refractivity contribution is -0.138. The second-order valence-electron chi connectivity index (χ2n) is 5.02. The molecule has 1 rings (SSSR count). The molecular weight excluding hydrogens is 271 g/mol. The molecule has 1 N–H and O–H groups in total. The minimum atomic E-state index is -4.30. The molecule has 0 aliphatic heterocycles. The van der Waals surface area contributed by atoms with Gasteiger partial charge < -0.3 is 5.32 Å². The Morgan fingerprint density at radius 1 is 1.16 bits per heavy atom. The highest BCUT2D eigenvalue weighted by Gasteiger charge is 2.33. The second kappa shape index (κ2) is 6.66. The summed E-state index contributed by atoms with van der Waals surface area (Å²) in [5.74, 6) is 0. The first kappa shape index (κ1) is 16.4. The Morgan fingerprint density at radius 2 is 1.79 bits per heavy atom. The monoisotopic (exact) mass is 291 g/mol. The molecular formula is C14H20F3NS. The van der Waals surface area contributed by atoms with Gasteiger partial charge in [0.1, 0.15) is 0 Å². The van der Waals surface area contributed by atoms with E-state index in [1.807, 2.05) is 27.7 Å². The van der Waals surface area contributed by atoms with Crippen molar-refractivity contribution in [2.45, 2.75) is 56.6 Å². The summed E-state index contributed by atoms with van der Waals surface area (Å²) in [5.41, 5.74) is -0.236. The van der Waals surface area contributed by atoms with Crippen LogP contribution in [0.4, 0.5) is 13.2 Å². The minimum absolute atomic E-state index is 0.158. The first-order chi connectivity index (χ1) is 8.70. The summed E-state index contributed by atoms with van der Waals surface area (Å²) < 4.78 is 39.2. The third-order valence-electron chi connectivity index (χ3n) is 2.46. The Morgan fingerprint density at radius 3 is 2.26 bits per heavy atom. The molecule has 0 fully saturated rings. The zero-order valence-electron chi connectivity index (χ0n) is 11.6. The molecule has 108 valence electrons. The molecule has 0 radical (unpaired) electrons. The molecule has 0 saturated heterocycles. The lowest BCUT2D eigenvalue weighted by Crippen LogP contribution is -2.23. The average molecular weight is 291 g/mol. The first-order valence-electron chi connectivity index (χ1n) is 6.30. The van der Waals surface area contributed by atoms with Crippen molar-refractivity contribution in [1.82, 2.24) is 5.32 Å². The molecule has 0 bridgehead atoms. The fourth-order valence-electron chi connectivity index (χ4n) is 1.63. The van der Waals surface area contributed by atoms with Crippen molar-refractivity contribution in [2.75, 3.05) is 0 Å². The molecule has 0 unspecified atom stereocenters. The Balaban J connectivity index is 3.03. The number of alkyl halides is 3. The van der Waals surface area contributed by atoms with Gasteiger partial charge in [-0.15, -0.1) is 11.8 Å². The summed E-state index contributed by atoms with van der Waals surface area (Å²) >= 11 is 1.44. The molecule has 1 nitrogen and oxygen atoms in total. The van der Waals surface area contributed by atoms with Gasteiger partial charge in [-0.3, -0.25) is 0 Å². The Kier molecular flexibility index (Phi) is 5.74. The van der Waals surface area contributed by atoms with E-state index in [4.69, 9.17) is 0 Å². The Bertz CT molecular complexity index is 414. The molecule has 19 heavy (non-hydrogen) atoms. The summed E-state index contributed by atoms with van der Waals surface area (Å²) in [5, 5.41) is 3.29. The van der Waals surface area contributed by atoms with E-state index >= 15 is 0 Å². The van der Waals surface area contributed by atoms with E-state index in [2.05, 4.69) is 5.32 Å². The van der Waals surface area contributed by atoms with Crippen molar-refractivity contribution in [3.63, 3.8) is 0 Å². The van der Waals surface area contributed by atoms with Crippen LogP contribution in [0, 0.1) is 0 Å². The molecule has 5 heteroatoms. The molecule has 0 saturated carbocycles. The molecule has 1 aromatic rings. The number of hydrogen-bond acceptors (Lipinski definition) is 2. The average Bonchev–Trinajstić information content (AvgIpc) is 2.25. The number of hydrogen-bond donors (Lipinski definition) is 1. The number of rotatable bonds is 5. The lowest BCUT2D eigenvalue weighted by Gasteiger charge is -2.16. The standard InChI is InChI=1S/C14H20F3NS/c1-9(2)18-8-11-5-6-12(19-10(3)4)7-13(11)14(15,16)17/h5-7,9-10,18H,8H2,1-4H3. The fraction of sp³-hybridized carbons (Fsp3) is 0.571. The number of halogens is 3. The van der Waals surface area contributed by atoms with Gasteiger partial charge in [0, 0.05) is 22.7 Å². The van der Waals surface area contributed by atoms with E-state index in [0.717, 1.165) is 0 Å². The van der Waals surface area contributed by atoms with Crippen LogP contribution in [0.5, 0.6) is 0 Å². The SMILES string of the molecule is CC(C)NCc1ccc(SC(C)C)cc1C(F)(F)F. The second-order valence-corrected chi connectivity index (χ2v) is 6.67. The van der Waals surface area contributed by atoms with Gasteiger partial charge in [-0.25, -0.2) is 0 Å². The van der Waals surface area contributed by atoms with Gasteiger partial charge in [-0.05, 0) is 17.7 Å². The van der Waals surface area contributed by atoms with Crippen LogP contribution in [0.1, 0.15) is 38.8 Å². The van der Waals surface area contributed by atoms with Crippen LogP contribution in [0.25, 0.3) is 0 Å². The molecule has 0 heterocycles. The third kappa shape index (κ3) is 5.45. The van der Waals surface area contributed by atoms with Crippen LogP contribution >= 0.6 is 11.8 Å². The largest absolute Gasteiger partial charge is 0.416 e.